The molecule has 3 nitrogen and oxygen atoms in total. The number of piperazine rings is 1. The summed E-state index contributed by atoms with van der Waals surface area (Å²) in [5, 5.41) is 0. The lowest BCUT2D eigenvalue weighted by Crippen LogP contribution is -2.60. The van der Waals surface area contributed by atoms with E-state index in [0.29, 0.717) is 5.56 Å². The van der Waals surface area contributed by atoms with Gasteiger partial charge in [-0.1, -0.05) is 6.07 Å². The van der Waals surface area contributed by atoms with Gasteiger partial charge in [0.05, 0.1) is 0 Å². The van der Waals surface area contributed by atoms with Gasteiger partial charge in [0.15, 0.2) is 0 Å². The first-order valence-corrected chi connectivity index (χ1v) is 9.96. The van der Waals surface area contributed by atoms with Gasteiger partial charge in [-0.15, -0.1) is 0 Å². The van der Waals surface area contributed by atoms with E-state index in [2.05, 4.69) is 4.90 Å². The molecule has 4 saturated carbocycles. The molecule has 1 heterocycles. The highest BCUT2D eigenvalue weighted by Crippen LogP contribution is 2.55. The van der Waals surface area contributed by atoms with Crippen LogP contribution in [0.15, 0.2) is 24.3 Å². The zero-order valence-electron chi connectivity index (χ0n) is 14.7. The molecule has 0 unspecified atom stereocenters. The number of rotatable bonds is 2. The molecule has 0 aromatic heterocycles. The van der Waals surface area contributed by atoms with Gasteiger partial charge in [-0.3, -0.25) is 9.69 Å². The fourth-order valence-electron chi connectivity index (χ4n) is 6.52. The minimum atomic E-state index is -0.335. The van der Waals surface area contributed by atoms with Crippen LogP contribution in [-0.4, -0.2) is 47.9 Å². The SMILES string of the molecule is O=C(c1cccc(F)c1)N1CCN(C2C3CC4CC(C3)CC2C4)CC1. The third-order valence-electron chi connectivity index (χ3n) is 7.27. The second kappa shape index (κ2) is 6.08. The molecule has 5 fully saturated rings. The molecule has 1 aliphatic heterocycles. The molecule has 0 radical (unpaired) electrons. The molecule has 1 aromatic carbocycles. The molecule has 1 aromatic rings. The zero-order valence-corrected chi connectivity index (χ0v) is 14.7. The highest BCUT2D eigenvalue weighted by Gasteiger charge is 2.50. The van der Waals surface area contributed by atoms with E-state index in [-0.39, 0.29) is 11.7 Å². The molecule has 1 saturated heterocycles. The van der Waals surface area contributed by atoms with Crippen molar-refractivity contribution >= 4 is 5.91 Å². The lowest BCUT2D eigenvalue weighted by Gasteiger charge is -2.58. The van der Waals surface area contributed by atoms with Crippen LogP contribution in [0.3, 0.4) is 0 Å². The Morgan fingerprint density at radius 2 is 1.56 bits per heavy atom. The van der Waals surface area contributed by atoms with Gasteiger partial charge < -0.3 is 4.90 Å². The van der Waals surface area contributed by atoms with Crippen molar-refractivity contribution in [1.29, 1.82) is 0 Å². The summed E-state index contributed by atoms with van der Waals surface area (Å²) in [5.74, 6) is 3.47. The second-order valence-corrected chi connectivity index (χ2v) is 8.76. The van der Waals surface area contributed by atoms with E-state index >= 15 is 0 Å². The van der Waals surface area contributed by atoms with Crippen LogP contribution < -0.4 is 0 Å². The summed E-state index contributed by atoms with van der Waals surface area (Å²) in [7, 11) is 0. The lowest BCUT2D eigenvalue weighted by atomic mass is 9.54. The van der Waals surface area contributed by atoms with Crippen molar-refractivity contribution in [2.24, 2.45) is 23.7 Å². The number of hydrogen-bond acceptors (Lipinski definition) is 2. The first kappa shape index (κ1) is 15.8. The Morgan fingerprint density at radius 3 is 2.16 bits per heavy atom. The van der Waals surface area contributed by atoms with E-state index in [1.807, 2.05) is 4.90 Å². The minimum Gasteiger partial charge on any atom is -0.336 e. The number of benzene rings is 1. The summed E-state index contributed by atoms with van der Waals surface area (Å²) in [6.07, 6.45) is 7.27. The Balaban J connectivity index is 1.24. The second-order valence-electron chi connectivity index (χ2n) is 8.76. The standard InChI is InChI=1S/C21H27FN2O/c22-19-3-1-2-16(13-19)21(25)24-6-4-23(5-7-24)20-17-9-14-8-15(11-17)12-18(20)10-14/h1-3,13-15,17-18,20H,4-12H2. The molecular weight excluding hydrogens is 315 g/mol. The molecule has 4 aliphatic carbocycles. The van der Waals surface area contributed by atoms with Crippen LogP contribution in [0.4, 0.5) is 4.39 Å². The average Bonchev–Trinajstić information content (AvgIpc) is 2.61. The predicted octanol–water partition coefficient (Wildman–Crippen LogP) is 3.41. The van der Waals surface area contributed by atoms with Crippen LogP contribution in [0.5, 0.6) is 0 Å². The highest BCUT2D eigenvalue weighted by molar-refractivity contribution is 5.94. The Labute approximate surface area is 149 Å². The van der Waals surface area contributed by atoms with E-state index in [0.717, 1.165) is 55.9 Å². The molecule has 1 amide bonds. The van der Waals surface area contributed by atoms with Crippen molar-refractivity contribution < 1.29 is 9.18 Å². The fourth-order valence-corrected chi connectivity index (χ4v) is 6.52. The summed E-state index contributed by atoms with van der Waals surface area (Å²) < 4.78 is 13.4. The fraction of sp³-hybridized carbons (Fsp3) is 0.667. The van der Waals surface area contributed by atoms with Gasteiger partial charge >= 0.3 is 0 Å². The zero-order chi connectivity index (χ0) is 17.0. The monoisotopic (exact) mass is 342 g/mol. The van der Waals surface area contributed by atoms with Gasteiger partial charge in [-0.25, -0.2) is 4.39 Å². The van der Waals surface area contributed by atoms with Gasteiger partial charge in [0, 0.05) is 37.8 Å². The molecule has 134 valence electrons. The Kier molecular flexibility index (Phi) is 3.85. The summed E-state index contributed by atoms with van der Waals surface area (Å²) in [6.45, 7) is 3.51. The first-order chi connectivity index (χ1) is 12.2. The molecule has 5 aliphatic rings. The maximum Gasteiger partial charge on any atom is 0.254 e. The van der Waals surface area contributed by atoms with Crippen LogP contribution in [0.25, 0.3) is 0 Å². The minimum absolute atomic E-state index is 0.0239. The molecule has 6 rings (SSSR count). The topological polar surface area (TPSA) is 23.6 Å². The van der Waals surface area contributed by atoms with Crippen molar-refractivity contribution in [3.63, 3.8) is 0 Å². The van der Waals surface area contributed by atoms with Gasteiger partial charge in [0.2, 0.25) is 0 Å². The van der Waals surface area contributed by atoms with Crippen LogP contribution >= 0.6 is 0 Å². The smallest absolute Gasteiger partial charge is 0.254 e. The number of hydrogen-bond donors (Lipinski definition) is 0. The van der Waals surface area contributed by atoms with Crippen LogP contribution in [0.1, 0.15) is 42.5 Å². The van der Waals surface area contributed by atoms with Crippen LogP contribution in [-0.2, 0) is 0 Å². The van der Waals surface area contributed by atoms with Crippen molar-refractivity contribution in [3.8, 4) is 0 Å². The van der Waals surface area contributed by atoms with Gasteiger partial charge in [0.25, 0.3) is 5.91 Å². The number of carbonyl (C=O) groups is 1. The van der Waals surface area contributed by atoms with Crippen molar-refractivity contribution in [2.75, 3.05) is 26.2 Å². The molecule has 4 heteroatoms. The van der Waals surface area contributed by atoms with E-state index in [9.17, 15) is 9.18 Å². The lowest BCUT2D eigenvalue weighted by molar-refractivity contribution is -0.0743. The number of nitrogens with zero attached hydrogens (tertiary/aromatic N) is 2. The molecule has 0 spiro atoms. The van der Waals surface area contributed by atoms with Crippen LogP contribution in [0, 0.1) is 29.5 Å². The Morgan fingerprint density at radius 1 is 0.920 bits per heavy atom. The van der Waals surface area contributed by atoms with E-state index in [1.54, 1.807) is 12.1 Å². The molecule has 4 bridgehead atoms. The Hall–Kier alpha value is -1.42. The quantitative estimate of drug-likeness (QED) is 0.822. The number of amides is 1. The molecule has 0 atom stereocenters. The largest absolute Gasteiger partial charge is 0.336 e. The van der Waals surface area contributed by atoms with Crippen LogP contribution in [0.2, 0.25) is 0 Å². The normalized spacial score (nSPS) is 37.5. The number of halogens is 1. The third kappa shape index (κ3) is 2.79. The van der Waals surface area contributed by atoms with Gasteiger partial charge in [-0.05, 0) is 74.0 Å². The van der Waals surface area contributed by atoms with Crippen molar-refractivity contribution in [2.45, 2.75) is 38.1 Å². The molecule has 25 heavy (non-hydrogen) atoms. The highest BCUT2D eigenvalue weighted by atomic mass is 19.1. The summed E-state index contributed by atoms with van der Waals surface area (Å²) in [5.41, 5.74) is 0.475. The maximum absolute atomic E-state index is 13.4. The average molecular weight is 342 g/mol. The summed E-state index contributed by atoms with van der Waals surface area (Å²) in [4.78, 5) is 17.2. The molecule has 0 N–H and O–H groups in total. The van der Waals surface area contributed by atoms with Gasteiger partial charge in [0.1, 0.15) is 5.82 Å². The van der Waals surface area contributed by atoms with Crippen molar-refractivity contribution in [1.82, 2.24) is 9.80 Å². The van der Waals surface area contributed by atoms with E-state index in [1.165, 1.54) is 44.2 Å². The summed E-state index contributed by atoms with van der Waals surface area (Å²) in [6, 6.07) is 6.84. The predicted molar refractivity (Wildman–Crippen MR) is 94.7 cm³/mol. The number of carbonyl (C=O) groups excluding carboxylic acids is 1. The van der Waals surface area contributed by atoms with Gasteiger partial charge in [-0.2, -0.15) is 0 Å². The van der Waals surface area contributed by atoms with E-state index < -0.39 is 0 Å². The van der Waals surface area contributed by atoms with Crippen molar-refractivity contribution in [3.05, 3.63) is 35.6 Å². The molecular formula is C21H27FN2O. The summed E-state index contributed by atoms with van der Waals surface area (Å²) >= 11 is 0. The van der Waals surface area contributed by atoms with E-state index in [4.69, 9.17) is 0 Å². The Bertz CT molecular complexity index is 640. The maximum atomic E-state index is 13.4. The first-order valence-electron chi connectivity index (χ1n) is 9.96. The third-order valence-corrected chi connectivity index (χ3v) is 7.27.